The smallest absolute Gasteiger partial charge is 0.250 e. The number of piperidine rings is 1. The van der Waals surface area contributed by atoms with Gasteiger partial charge in [0.2, 0.25) is 5.91 Å². The van der Waals surface area contributed by atoms with Crippen LogP contribution in [-0.2, 0) is 24.3 Å². The van der Waals surface area contributed by atoms with Gasteiger partial charge in [-0.2, -0.15) is 5.10 Å². The molecule has 0 radical (unpaired) electrons. The van der Waals surface area contributed by atoms with Gasteiger partial charge in [0.05, 0.1) is 12.2 Å². The van der Waals surface area contributed by atoms with Crippen molar-refractivity contribution in [2.24, 2.45) is 5.92 Å². The highest BCUT2D eigenvalue weighted by Crippen LogP contribution is 2.35. The molecular weight excluding hydrogens is 364 g/mol. The summed E-state index contributed by atoms with van der Waals surface area (Å²) in [7, 11) is 0. The van der Waals surface area contributed by atoms with Gasteiger partial charge >= 0.3 is 0 Å². The summed E-state index contributed by atoms with van der Waals surface area (Å²) in [6.07, 6.45) is 2.29. The minimum Gasteiger partial charge on any atom is -0.342 e. The minimum absolute atomic E-state index is 0.0784. The van der Waals surface area contributed by atoms with Gasteiger partial charge in [-0.05, 0) is 51.2 Å². The Kier molecular flexibility index (Phi) is 5.19. The molecule has 2 aromatic rings. The normalized spacial score (nSPS) is 20.4. The highest BCUT2D eigenvalue weighted by Gasteiger charge is 2.36. The highest BCUT2D eigenvalue weighted by molar-refractivity contribution is 5.76. The molecule has 0 N–H and O–H groups in total. The van der Waals surface area contributed by atoms with E-state index in [1.807, 2.05) is 40.1 Å². The molecule has 2 bridgehead atoms. The maximum Gasteiger partial charge on any atom is 0.250 e. The van der Waals surface area contributed by atoms with Gasteiger partial charge in [-0.3, -0.25) is 14.3 Å². The van der Waals surface area contributed by atoms with E-state index in [1.54, 1.807) is 6.07 Å². The molecule has 6 nitrogen and oxygen atoms in total. The molecule has 154 valence electrons. The molecule has 1 fully saturated rings. The number of aryl methyl sites for hydroxylation is 1. The molecule has 2 aromatic heterocycles. The molecule has 0 aliphatic carbocycles. The lowest BCUT2D eigenvalue weighted by molar-refractivity contribution is -0.133. The number of allylic oxidation sites excluding steroid dienone is 1. The molecule has 4 rings (SSSR count). The van der Waals surface area contributed by atoms with E-state index in [0.717, 1.165) is 48.7 Å². The molecule has 6 heteroatoms. The molecule has 1 unspecified atom stereocenters. The molecule has 2 aliphatic rings. The summed E-state index contributed by atoms with van der Waals surface area (Å²) >= 11 is 0. The predicted molar refractivity (Wildman–Crippen MR) is 113 cm³/mol. The zero-order valence-electron chi connectivity index (χ0n) is 17.6. The standard InChI is InChI=1S/C23H30N4O2/c1-15(2)11-27-17(4)20(16(3)24-27)8-9-22(28)25-12-18-10-19(14-25)21-6-5-7-23(29)26(21)13-18/h5-7,18-19H,1,8-14H2,2-4H3/t18-,19?/m0/s1. The predicted octanol–water partition coefficient (Wildman–Crippen LogP) is 2.82. The van der Waals surface area contributed by atoms with Crippen LogP contribution in [0.2, 0.25) is 0 Å². The van der Waals surface area contributed by atoms with Gasteiger partial charge in [-0.1, -0.05) is 18.2 Å². The Morgan fingerprint density at radius 2 is 2.03 bits per heavy atom. The Morgan fingerprint density at radius 1 is 1.24 bits per heavy atom. The fourth-order valence-electron chi connectivity index (χ4n) is 5.00. The number of hydrogen-bond donors (Lipinski definition) is 0. The van der Waals surface area contributed by atoms with Crippen LogP contribution in [0.1, 0.15) is 48.3 Å². The topological polar surface area (TPSA) is 60.1 Å². The summed E-state index contributed by atoms with van der Waals surface area (Å²) in [5, 5.41) is 4.62. The van der Waals surface area contributed by atoms with E-state index < -0.39 is 0 Å². The van der Waals surface area contributed by atoms with Gasteiger partial charge in [0.15, 0.2) is 0 Å². The Balaban J connectivity index is 1.44. The fraction of sp³-hybridized carbons (Fsp3) is 0.522. The first kappa shape index (κ1) is 19.7. The van der Waals surface area contributed by atoms with E-state index in [0.29, 0.717) is 25.3 Å². The Labute approximate surface area is 171 Å². The maximum atomic E-state index is 13.0. The number of carbonyl (C=O) groups is 1. The summed E-state index contributed by atoms with van der Waals surface area (Å²) in [5.41, 5.74) is 5.53. The van der Waals surface area contributed by atoms with Crippen molar-refractivity contribution in [1.82, 2.24) is 19.2 Å². The van der Waals surface area contributed by atoms with Crippen LogP contribution in [0, 0.1) is 19.8 Å². The van der Waals surface area contributed by atoms with Gasteiger partial charge in [-0.25, -0.2) is 0 Å². The number of rotatable bonds is 5. The second kappa shape index (κ2) is 7.65. The van der Waals surface area contributed by atoms with Crippen molar-refractivity contribution in [3.8, 4) is 0 Å². The minimum atomic E-state index is 0.0784. The largest absolute Gasteiger partial charge is 0.342 e. The second-order valence-corrected chi connectivity index (χ2v) is 8.76. The lowest BCUT2D eigenvalue weighted by atomic mass is 9.83. The number of pyridine rings is 1. The Bertz CT molecular complexity index is 1020. The summed E-state index contributed by atoms with van der Waals surface area (Å²) in [5.74, 6) is 0.840. The second-order valence-electron chi connectivity index (χ2n) is 8.76. The van der Waals surface area contributed by atoms with E-state index >= 15 is 0 Å². The number of aromatic nitrogens is 3. The number of amides is 1. The van der Waals surface area contributed by atoms with E-state index in [9.17, 15) is 9.59 Å². The number of fused-ring (bicyclic) bond motifs is 4. The monoisotopic (exact) mass is 394 g/mol. The fourth-order valence-corrected chi connectivity index (χ4v) is 5.00. The third-order valence-corrected chi connectivity index (χ3v) is 6.37. The van der Waals surface area contributed by atoms with Crippen molar-refractivity contribution in [1.29, 1.82) is 0 Å². The molecule has 2 aliphatic heterocycles. The van der Waals surface area contributed by atoms with E-state index in [1.165, 1.54) is 5.56 Å². The molecule has 2 atom stereocenters. The summed E-state index contributed by atoms with van der Waals surface area (Å²) in [4.78, 5) is 27.2. The first-order valence-corrected chi connectivity index (χ1v) is 10.5. The van der Waals surface area contributed by atoms with E-state index in [4.69, 9.17) is 0 Å². The van der Waals surface area contributed by atoms with Gasteiger partial charge in [0.1, 0.15) is 0 Å². The molecule has 0 aromatic carbocycles. The van der Waals surface area contributed by atoms with Crippen molar-refractivity contribution in [3.63, 3.8) is 0 Å². The average Bonchev–Trinajstić information content (AvgIpc) is 2.93. The van der Waals surface area contributed by atoms with Crippen LogP contribution in [0.15, 0.2) is 35.1 Å². The van der Waals surface area contributed by atoms with Crippen molar-refractivity contribution in [3.05, 3.63) is 63.4 Å². The molecule has 4 heterocycles. The van der Waals surface area contributed by atoms with Gasteiger partial charge in [0.25, 0.3) is 5.56 Å². The van der Waals surface area contributed by atoms with Gasteiger partial charge in [0, 0.05) is 49.4 Å². The third kappa shape index (κ3) is 3.80. The van der Waals surface area contributed by atoms with E-state index in [2.05, 4.69) is 18.6 Å². The lowest BCUT2D eigenvalue weighted by Crippen LogP contribution is -2.49. The van der Waals surface area contributed by atoms with Crippen LogP contribution >= 0.6 is 0 Å². The van der Waals surface area contributed by atoms with Crippen LogP contribution in [0.5, 0.6) is 0 Å². The van der Waals surface area contributed by atoms with Crippen molar-refractivity contribution >= 4 is 5.91 Å². The average molecular weight is 395 g/mol. The van der Waals surface area contributed by atoms with Crippen molar-refractivity contribution < 1.29 is 4.79 Å². The summed E-state index contributed by atoms with van der Waals surface area (Å²) in [6, 6.07) is 5.51. The summed E-state index contributed by atoms with van der Waals surface area (Å²) in [6.45, 7) is 13.0. The Morgan fingerprint density at radius 3 is 2.79 bits per heavy atom. The quantitative estimate of drug-likeness (QED) is 0.733. The molecule has 29 heavy (non-hydrogen) atoms. The highest BCUT2D eigenvalue weighted by atomic mass is 16.2. The maximum absolute atomic E-state index is 13.0. The lowest BCUT2D eigenvalue weighted by Gasteiger charge is -2.42. The molecule has 1 amide bonds. The van der Waals surface area contributed by atoms with Crippen LogP contribution in [-0.4, -0.2) is 38.2 Å². The number of likely N-dealkylation sites (tertiary alicyclic amines) is 1. The van der Waals surface area contributed by atoms with E-state index in [-0.39, 0.29) is 17.4 Å². The van der Waals surface area contributed by atoms with Crippen LogP contribution < -0.4 is 5.56 Å². The van der Waals surface area contributed by atoms with Crippen LogP contribution in [0.3, 0.4) is 0 Å². The van der Waals surface area contributed by atoms with Crippen LogP contribution in [0.25, 0.3) is 0 Å². The zero-order valence-corrected chi connectivity index (χ0v) is 17.6. The van der Waals surface area contributed by atoms with Gasteiger partial charge in [-0.15, -0.1) is 0 Å². The van der Waals surface area contributed by atoms with Crippen molar-refractivity contribution in [2.75, 3.05) is 13.1 Å². The Hall–Kier alpha value is -2.63. The van der Waals surface area contributed by atoms with Gasteiger partial charge < -0.3 is 9.47 Å². The molecule has 1 saturated heterocycles. The molecular formula is C23H30N4O2. The number of nitrogens with zero attached hydrogens (tertiary/aromatic N) is 4. The number of carbonyl (C=O) groups excluding carboxylic acids is 1. The summed E-state index contributed by atoms with van der Waals surface area (Å²) < 4.78 is 3.89. The van der Waals surface area contributed by atoms with Crippen molar-refractivity contribution in [2.45, 2.75) is 59.0 Å². The number of hydrogen-bond acceptors (Lipinski definition) is 3. The first-order chi connectivity index (χ1) is 13.8. The third-order valence-electron chi connectivity index (χ3n) is 6.37. The molecule has 0 spiro atoms. The van der Waals surface area contributed by atoms with Crippen LogP contribution in [0.4, 0.5) is 0 Å². The zero-order chi connectivity index (χ0) is 20.7. The molecule has 0 saturated carbocycles. The SMILES string of the molecule is C=C(C)Cn1nc(C)c(CCC(=O)N2CC3C[C@@H](C2)Cn2c3cccc2=O)c1C. The first-order valence-electron chi connectivity index (χ1n) is 10.5.